The number of carbonyl (C=O) groups is 1. The van der Waals surface area contributed by atoms with Gasteiger partial charge < -0.3 is 14.4 Å². The predicted octanol–water partition coefficient (Wildman–Crippen LogP) is 2.58. The zero-order chi connectivity index (χ0) is 21.9. The molecule has 1 aromatic carbocycles. The van der Waals surface area contributed by atoms with Crippen LogP contribution in [0.1, 0.15) is 38.4 Å². The van der Waals surface area contributed by atoms with E-state index in [0.29, 0.717) is 31.6 Å². The molecule has 0 bridgehead atoms. The van der Waals surface area contributed by atoms with Crippen molar-refractivity contribution < 1.29 is 27.1 Å². The maximum absolute atomic E-state index is 14.1. The van der Waals surface area contributed by atoms with Gasteiger partial charge in [0, 0.05) is 19.3 Å². The molecule has 0 radical (unpaired) electrons. The molecule has 3 rings (SSSR count). The Bertz CT molecular complexity index is 1000. The van der Waals surface area contributed by atoms with Crippen LogP contribution < -0.4 is 4.74 Å². The molecular formula is C19H25FN4O5S. The third-order valence-corrected chi connectivity index (χ3v) is 5.76. The van der Waals surface area contributed by atoms with E-state index in [-0.39, 0.29) is 35.5 Å². The molecule has 1 saturated heterocycles. The van der Waals surface area contributed by atoms with Crippen LogP contribution in [0.2, 0.25) is 0 Å². The summed E-state index contributed by atoms with van der Waals surface area (Å²) in [7, 11) is -3.49. The van der Waals surface area contributed by atoms with Crippen LogP contribution in [-0.4, -0.2) is 59.9 Å². The van der Waals surface area contributed by atoms with E-state index in [1.54, 1.807) is 15.9 Å². The Hall–Kier alpha value is -2.69. The van der Waals surface area contributed by atoms with Crippen molar-refractivity contribution in [3.8, 4) is 5.75 Å². The molecule has 1 fully saturated rings. The molecular weight excluding hydrogens is 415 g/mol. The number of hydrogen-bond donors (Lipinski definition) is 0. The van der Waals surface area contributed by atoms with Crippen LogP contribution in [0, 0.1) is 5.82 Å². The van der Waals surface area contributed by atoms with E-state index in [2.05, 4.69) is 10.2 Å². The highest BCUT2D eigenvalue weighted by Gasteiger charge is 2.26. The van der Waals surface area contributed by atoms with Crippen molar-refractivity contribution in [3.05, 3.63) is 35.9 Å². The molecule has 0 atom stereocenters. The summed E-state index contributed by atoms with van der Waals surface area (Å²) in [6, 6.07) is 3.55. The van der Waals surface area contributed by atoms with Gasteiger partial charge in [-0.15, -0.1) is 0 Å². The SMILES string of the molecule is CC(C)OC(=O)N1CCC(n2ncc(COc3ccc(S(C)(=O)=O)cc3F)n2)CC1. The molecule has 9 nitrogen and oxygen atoms in total. The van der Waals surface area contributed by atoms with Crippen LogP contribution >= 0.6 is 0 Å². The van der Waals surface area contributed by atoms with Gasteiger partial charge >= 0.3 is 6.09 Å². The van der Waals surface area contributed by atoms with E-state index in [1.807, 2.05) is 13.8 Å². The number of piperidine rings is 1. The average Bonchev–Trinajstić information content (AvgIpc) is 3.15. The monoisotopic (exact) mass is 440 g/mol. The lowest BCUT2D eigenvalue weighted by Gasteiger charge is -2.31. The summed E-state index contributed by atoms with van der Waals surface area (Å²) in [5.74, 6) is -0.820. The first-order valence-corrected chi connectivity index (χ1v) is 11.5. The number of amides is 1. The summed E-state index contributed by atoms with van der Waals surface area (Å²) >= 11 is 0. The fourth-order valence-electron chi connectivity index (χ4n) is 3.09. The van der Waals surface area contributed by atoms with Crippen LogP contribution in [0.15, 0.2) is 29.3 Å². The van der Waals surface area contributed by atoms with Gasteiger partial charge in [0.15, 0.2) is 21.4 Å². The normalized spacial score (nSPS) is 15.4. The third kappa shape index (κ3) is 5.47. The van der Waals surface area contributed by atoms with Crippen molar-refractivity contribution in [2.75, 3.05) is 19.3 Å². The second kappa shape index (κ2) is 8.99. The van der Waals surface area contributed by atoms with Gasteiger partial charge in [0.1, 0.15) is 12.3 Å². The Balaban J connectivity index is 1.54. The largest absolute Gasteiger partial charge is 0.484 e. The van der Waals surface area contributed by atoms with Crippen LogP contribution in [0.25, 0.3) is 0 Å². The molecule has 2 aromatic rings. The fourth-order valence-corrected chi connectivity index (χ4v) is 3.72. The molecule has 0 saturated carbocycles. The number of ether oxygens (including phenoxy) is 2. The number of carbonyl (C=O) groups excluding carboxylic acids is 1. The molecule has 1 amide bonds. The molecule has 30 heavy (non-hydrogen) atoms. The lowest BCUT2D eigenvalue weighted by atomic mass is 10.1. The summed E-state index contributed by atoms with van der Waals surface area (Å²) in [5, 5.41) is 8.64. The molecule has 1 aliphatic heterocycles. The van der Waals surface area contributed by atoms with Gasteiger partial charge in [-0.3, -0.25) is 0 Å². The highest BCUT2D eigenvalue weighted by molar-refractivity contribution is 7.90. The second-order valence-corrected chi connectivity index (χ2v) is 9.48. The van der Waals surface area contributed by atoms with Crippen molar-refractivity contribution in [2.24, 2.45) is 0 Å². The van der Waals surface area contributed by atoms with Gasteiger partial charge in [-0.1, -0.05) is 0 Å². The van der Waals surface area contributed by atoms with Crippen molar-refractivity contribution in [3.63, 3.8) is 0 Å². The minimum Gasteiger partial charge on any atom is -0.484 e. The van der Waals surface area contributed by atoms with Crippen molar-refractivity contribution in [1.82, 2.24) is 19.9 Å². The Labute approximate surface area is 174 Å². The van der Waals surface area contributed by atoms with Crippen LogP contribution in [0.3, 0.4) is 0 Å². The molecule has 0 unspecified atom stereocenters. The summed E-state index contributed by atoms with van der Waals surface area (Å²) < 4.78 is 47.7. The predicted molar refractivity (Wildman–Crippen MR) is 105 cm³/mol. The van der Waals surface area contributed by atoms with Gasteiger partial charge in [-0.25, -0.2) is 17.6 Å². The average molecular weight is 440 g/mol. The summed E-state index contributed by atoms with van der Waals surface area (Å²) in [4.78, 5) is 15.1. The number of aromatic nitrogens is 3. The maximum atomic E-state index is 14.1. The number of halogens is 1. The highest BCUT2D eigenvalue weighted by atomic mass is 32.2. The Morgan fingerprint density at radius 1 is 1.30 bits per heavy atom. The van der Waals surface area contributed by atoms with Gasteiger partial charge in [0.2, 0.25) is 0 Å². The summed E-state index contributed by atoms with van der Waals surface area (Å²) in [6.07, 6.45) is 3.49. The number of hydrogen-bond acceptors (Lipinski definition) is 7. The first-order valence-electron chi connectivity index (χ1n) is 9.62. The van der Waals surface area contributed by atoms with E-state index in [4.69, 9.17) is 9.47 Å². The third-order valence-electron chi connectivity index (χ3n) is 4.65. The minimum absolute atomic E-state index is 0.00526. The number of rotatable bonds is 6. The molecule has 1 aliphatic rings. The molecule has 2 heterocycles. The maximum Gasteiger partial charge on any atom is 0.410 e. The summed E-state index contributed by atoms with van der Waals surface area (Å²) in [6.45, 7) is 4.74. The van der Waals surface area contributed by atoms with Crippen LogP contribution in [0.4, 0.5) is 9.18 Å². The molecule has 0 N–H and O–H groups in total. The molecule has 1 aromatic heterocycles. The van der Waals surface area contributed by atoms with E-state index in [0.717, 1.165) is 12.3 Å². The van der Waals surface area contributed by atoms with E-state index < -0.39 is 15.7 Å². The van der Waals surface area contributed by atoms with Gasteiger partial charge in [-0.2, -0.15) is 15.0 Å². The zero-order valence-electron chi connectivity index (χ0n) is 17.1. The second-order valence-electron chi connectivity index (χ2n) is 7.46. The number of sulfone groups is 1. The minimum atomic E-state index is -3.49. The smallest absolute Gasteiger partial charge is 0.410 e. The molecule has 0 spiro atoms. The van der Waals surface area contributed by atoms with Crippen molar-refractivity contribution >= 4 is 15.9 Å². The molecule has 0 aliphatic carbocycles. The van der Waals surface area contributed by atoms with Gasteiger partial charge in [-0.05, 0) is 44.9 Å². The number of nitrogens with zero attached hydrogens (tertiary/aromatic N) is 4. The van der Waals surface area contributed by atoms with Gasteiger partial charge in [0.25, 0.3) is 0 Å². The standard InChI is InChI=1S/C19H25FN4O5S/c1-13(2)29-19(25)23-8-6-15(7-9-23)24-21-11-14(22-24)12-28-18-5-4-16(10-17(18)20)30(3,26)27/h4-5,10-11,13,15H,6-9,12H2,1-3H3. The Morgan fingerprint density at radius 3 is 2.60 bits per heavy atom. The number of benzene rings is 1. The lowest BCUT2D eigenvalue weighted by molar-refractivity contribution is 0.0643. The first-order chi connectivity index (χ1) is 14.1. The van der Waals surface area contributed by atoms with Crippen molar-refractivity contribution in [1.29, 1.82) is 0 Å². The van der Waals surface area contributed by atoms with E-state index in [1.165, 1.54) is 12.1 Å². The lowest BCUT2D eigenvalue weighted by Crippen LogP contribution is -2.40. The molecule has 11 heteroatoms. The Morgan fingerprint density at radius 2 is 2.00 bits per heavy atom. The zero-order valence-corrected chi connectivity index (χ0v) is 17.9. The van der Waals surface area contributed by atoms with Crippen molar-refractivity contribution in [2.45, 2.75) is 50.3 Å². The topological polar surface area (TPSA) is 104 Å². The van der Waals surface area contributed by atoms with Gasteiger partial charge in [0.05, 0.1) is 23.2 Å². The fraction of sp³-hybridized carbons (Fsp3) is 0.526. The Kier molecular flexibility index (Phi) is 6.59. The van der Waals surface area contributed by atoms with Crippen LogP contribution in [0.5, 0.6) is 5.75 Å². The van der Waals surface area contributed by atoms with Crippen LogP contribution in [-0.2, 0) is 21.2 Å². The van der Waals surface area contributed by atoms with E-state index >= 15 is 0 Å². The highest BCUT2D eigenvalue weighted by Crippen LogP contribution is 2.23. The van der Waals surface area contributed by atoms with E-state index in [9.17, 15) is 17.6 Å². The first kappa shape index (κ1) is 22.0. The quantitative estimate of drug-likeness (QED) is 0.680. The number of likely N-dealkylation sites (tertiary alicyclic amines) is 1. The molecule has 164 valence electrons. The summed E-state index contributed by atoms with van der Waals surface area (Å²) in [5.41, 5.74) is 0.517.